The molecule has 2 aromatic carbocycles. The number of nitrogens with one attached hydrogen (secondary N) is 2. The van der Waals surface area contributed by atoms with E-state index in [9.17, 15) is 4.79 Å². The zero-order chi connectivity index (χ0) is 18.4. The average Bonchev–Trinajstić information content (AvgIpc) is 2.63. The van der Waals surface area contributed by atoms with Crippen molar-refractivity contribution in [3.05, 3.63) is 88.8 Å². The first-order chi connectivity index (χ1) is 12.1. The summed E-state index contributed by atoms with van der Waals surface area (Å²) in [5, 5.41) is 4.38. The van der Waals surface area contributed by atoms with E-state index in [1.807, 2.05) is 50.2 Å². The van der Waals surface area contributed by atoms with Crippen LogP contribution in [0.5, 0.6) is 0 Å². The quantitative estimate of drug-likeness (QED) is 0.643. The van der Waals surface area contributed by atoms with Crippen LogP contribution in [0, 0.1) is 0 Å². The monoisotopic (exact) mass is 352 g/mol. The SMILES string of the molecule is C=CNC(=C)c1c(-c2ccccc2)c2cc(Cl)ccc2[nH]c1=O.CC. The number of hydrogen-bond acceptors (Lipinski definition) is 2. The van der Waals surface area contributed by atoms with Gasteiger partial charge in [0, 0.05) is 27.2 Å². The van der Waals surface area contributed by atoms with Crippen LogP contribution < -0.4 is 10.9 Å². The molecule has 0 aliphatic carbocycles. The molecule has 0 aliphatic heterocycles. The van der Waals surface area contributed by atoms with Gasteiger partial charge in [-0.3, -0.25) is 4.79 Å². The van der Waals surface area contributed by atoms with E-state index < -0.39 is 0 Å². The Balaban J connectivity index is 0.00000109. The smallest absolute Gasteiger partial charge is 0.258 e. The Morgan fingerprint density at radius 2 is 1.84 bits per heavy atom. The van der Waals surface area contributed by atoms with Gasteiger partial charge in [-0.05, 0) is 30.0 Å². The first kappa shape index (κ1) is 18.6. The molecule has 1 heterocycles. The fourth-order valence-corrected chi connectivity index (χ4v) is 2.83. The van der Waals surface area contributed by atoms with Crippen LogP contribution >= 0.6 is 11.6 Å². The summed E-state index contributed by atoms with van der Waals surface area (Å²) in [5.74, 6) is 0. The second-order valence-corrected chi connectivity index (χ2v) is 5.52. The summed E-state index contributed by atoms with van der Waals surface area (Å²) in [6, 6.07) is 15.1. The molecule has 0 radical (unpaired) electrons. The van der Waals surface area contributed by atoms with E-state index in [2.05, 4.69) is 23.5 Å². The molecule has 4 heteroatoms. The predicted molar refractivity (Wildman–Crippen MR) is 109 cm³/mol. The van der Waals surface area contributed by atoms with Gasteiger partial charge in [-0.15, -0.1) is 0 Å². The van der Waals surface area contributed by atoms with Crippen molar-refractivity contribution in [2.45, 2.75) is 13.8 Å². The van der Waals surface area contributed by atoms with Crippen molar-refractivity contribution in [3.63, 3.8) is 0 Å². The van der Waals surface area contributed by atoms with E-state index in [1.54, 1.807) is 12.1 Å². The zero-order valence-corrected chi connectivity index (χ0v) is 15.2. The Labute approximate surface area is 152 Å². The van der Waals surface area contributed by atoms with Crippen LogP contribution in [0.3, 0.4) is 0 Å². The maximum absolute atomic E-state index is 12.6. The van der Waals surface area contributed by atoms with E-state index >= 15 is 0 Å². The standard InChI is InChI=1S/C19H15ClN2O.C2H6/c1-3-21-12(2)17-18(13-7-5-4-6-8-13)15-11-14(20)9-10-16(15)22-19(17)23;1-2/h3-11,21H,1-2H2,(H,22,23);1-2H3. The molecule has 3 rings (SSSR count). The summed E-state index contributed by atoms with van der Waals surface area (Å²) >= 11 is 6.16. The van der Waals surface area contributed by atoms with E-state index in [0.29, 0.717) is 16.3 Å². The number of halogens is 1. The van der Waals surface area contributed by atoms with Crippen LogP contribution in [0.25, 0.3) is 27.7 Å². The van der Waals surface area contributed by atoms with Gasteiger partial charge in [0.2, 0.25) is 0 Å². The largest absolute Gasteiger partial charge is 0.362 e. The predicted octanol–water partition coefficient (Wildman–Crippen LogP) is 5.58. The first-order valence-electron chi connectivity index (χ1n) is 8.09. The van der Waals surface area contributed by atoms with Crippen LogP contribution in [-0.2, 0) is 0 Å². The molecule has 0 fully saturated rings. The number of H-pyrrole nitrogens is 1. The molecule has 3 aromatic rings. The minimum Gasteiger partial charge on any atom is -0.362 e. The van der Waals surface area contributed by atoms with Crippen molar-refractivity contribution < 1.29 is 0 Å². The van der Waals surface area contributed by atoms with Crippen molar-refractivity contribution in [1.29, 1.82) is 0 Å². The summed E-state index contributed by atoms with van der Waals surface area (Å²) in [5.41, 5.74) is 3.21. The third-order valence-electron chi connectivity index (χ3n) is 3.62. The number of aromatic nitrogens is 1. The lowest BCUT2D eigenvalue weighted by Crippen LogP contribution is -2.18. The lowest BCUT2D eigenvalue weighted by Gasteiger charge is -2.15. The van der Waals surface area contributed by atoms with E-state index in [4.69, 9.17) is 11.6 Å². The van der Waals surface area contributed by atoms with Gasteiger partial charge >= 0.3 is 0 Å². The molecule has 0 bridgehead atoms. The Morgan fingerprint density at radius 3 is 2.48 bits per heavy atom. The van der Waals surface area contributed by atoms with Crippen LogP contribution in [0.2, 0.25) is 5.02 Å². The Bertz CT molecular complexity index is 959. The third kappa shape index (κ3) is 3.83. The van der Waals surface area contributed by atoms with Gasteiger partial charge in [-0.1, -0.05) is 68.9 Å². The molecule has 0 unspecified atom stereocenters. The summed E-state index contributed by atoms with van der Waals surface area (Å²) in [4.78, 5) is 15.5. The highest BCUT2D eigenvalue weighted by Gasteiger charge is 2.16. The molecule has 0 atom stereocenters. The fourth-order valence-electron chi connectivity index (χ4n) is 2.65. The lowest BCUT2D eigenvalue weighted by atomic mass is 9.95. The van der Waals surface area contributed by atoms with Crippen LogP contribution in [0.15, 0.2) is 72.7 Å². The average molecular weight is 353 g/mol. The molecule has 0 saturated heterocycles. The normalized spacial score (nSPS) is 9.88. The maximum Gasteiger partial charge on any atom is 0.258 e. The minimum absolute atomic E-state index is 0.210. The number of hydrogen-bond donors (Lipinski definition) is 2. The van der Waals surface area contributed by atoms with Crippen LogP contribution in [0.1, 0.15) is 19.4 Å². The van der Waals surface area contributed by atoms with Gasteiger partial charge in [0.1, 0.15) is 0 Å². The second kappa shape index (κ2) is 8.36. The molecule has 128 valence electrons. The van der Waals surface area contributed by atoms with Crippen molar-refractivity contribution in [3.8, 4) is 11.1 Å². The summed E-state index contributed by atoms with van der Waals surface area (Å²) in [6.07, 6.45) is 1.50. The van der Waals surface area contributed by atoms with E-state index in [0.717, 1.165) is 22.0 Å². The topological polar surface area (TPSA) is 44.9 Å². The number of rotatable bonds is 4. The molecular weight excluding hydrogens is 332 g/mol. The minimum atomic E-state index is -0.210. The molecule has 25 heavy (non-hydrogen) atoms. The molecule has 0 amide bonds. The number of aromatic amines is 1. The molecule has 0 spiro atoms. The van der Waals surface area contributed by atoms with Gasteiger partial charge in [0.15, 0.2) is 0 Å². The summed E-state index contributed by atoms with van der Waals surface area (Å²) < 4.78 is 0. The molecule has 1 aromatic heterocycles. The highest BCUT2D eigenvalue weighted by atomic mass is 35.5. The maximum atomic E-state index is 12.6. The highest BCUT2D eigenvalue weighted by molar-refractivity contribution is 6.31. The van der Waals surface area contributed by atoms with Gasteiger partial charge in [-0.25, -0.2) is 0 Å². The van der Waals surface area contributed by atoms with Crippen molar-refractivity contribution in [2.75, 3.05) is 0 Å². The van der Waals surface area contributed by atoms with Gasteiger partial charge in [0.05, 0.1) is 5.56 Å². The van der Waals surface area contributed by atoms with Crippen molar-refractivity contribution in [2.24, 2.45) is 0 Å². The van der Waals surface area contributed by atoms with Gasteiger partial charge in [-0.2, -0.15) is 0 Å². The third-order valence-corrected chi connectivity index (χ3v) is 3.85. The van der Waals surface area contributed by atoms with Crippen molar-refractivity contribution in [1.82, 2.24) is 10.3 Å². The number of fused-ring (bicyclic) bond motifs is 1. The fraction of sp³-hybridized carbons (Fsp3) is 0.0952. The Hall–Kier alpha value is -2.78. The molecule has 2 N–H and O–H groups in total. The second-order valence-electron chi connectivity index (χ2n) is 5.09. The van der Waals surface area contributed by atoms with Crippen molar-refractivity contribution >= 4 is 28.2 Å². The van der Waals surface area contributed by atoms with Crippen LogP contribution in [-0.4, -0.2) is 4.98 Å². The van der Waals surface area contributed by atoms with E-state index in [-0.39, 0.29) is 5.56 Å². The highest BCUT2D eigenvalue weighted by Crippen LogP contribution is 2.33. The first-order valence-corrected chi connectivity index (χ1v) is 8.47. The molecule has 0 saturated carbocycles. The summed E-state index contributed by atoms with van der Waals surface area (Å²) in [7, 11) is 0. The Kier molecular flexibility index (Phi) is 6.20. The molecule has 0 aliphatic rings. The zero-order valence-electron chi connectivity index (χ0n) is 14.4. The van der Waals surface area contributed by atoms with Crippen LogP contribution in [0.4, 0.5) is 0 Å². The number of pyridine rings is 1. The summed E-state index contributed by atoms with van der Waals surface area (Å²) in [6.45, 7) is 11.6. The van der Waals surface area contributed by atoms with Gasteiger partial charge in [0.25, 0.3) is 5.56 Å². The van der Waals surface area contributed by atoms with Gasteiger partial charge < -0.3 is 10.3 Å². The number of benzene rings is 2. The Morgan fingerprint density at radius 1 is 1.16 bits per heavy atom. The van der Waals surface area contributed by atoms with E-state index in [1.165, 1.54) is 6.20 Å². The lowest BCUT2D eigenvalue weighted by molar-refractivity contribution is 1.19. The molecular formula is C21H21ClN2O. The molecule has 3 nitrogen and oxygen atoms in total.